The van der Waals surface area contributed by atoms with Gasteiger partial charge in [-0.1, -0.05) is 52.6 Å². The number of oxime groups is 1. The number of piperazine rings is 1. The number of amides is 1. The summed E-state index contributed by atoms with van der Waals surface area (Å²) in [6.07, 6.45) is 0. The van der Waals surface area contributed by atoms with Gasteiger partial charge in [0.25, 0.3) is 12.5 Å². The molecular weight excluding hydrogens is 443 g/mol. The van der Waals surface area contributed by atoms with Crippen molar-refractivity contribution in [2.75, 3.05) is 39.8 Å². The molecule has 0 bridgehead atoms. The van der Waals surface area contributed by atoms with Crippen LogP contribution in [0.5, 0.6) is 0 Å². The molecular formula is C21H22Cl2N4O4. The Balaban J connectivity index is 1.78. The summed E-state index contributed by atoms with van der Waals surface area (Å²) in [6, 6.07) is 15.3. The molecule has 2 aromatic rings. The van der Waals surface area contributed by atoms with Crippen molar-refractivity contribution in [1.29, 1.82) is 0 Å². The Hall–Kier alpha value is -2.68. The molecule has 0 saturated carbocycles. The van der Waals surface area contributed by atoms with Crippen LogP contribution in [-0.4, -0.2) is 66.2 Å². The van der Waals surface area contributed by atoms with Crippen molar-refractivity contribution in [3.63, 3.8) is 0 Å². The van der Waals surface area contributed by atoms with Crippen LogP contribution in [0.2, 0.25) is 10.0 Å². The SMILES string of the molecule is CO/N=C(\C[N+](=O)[O-])C(=O)N1CCN(C(c2ccc(Cl)cc2)c2ccc(Cl)cc2)CC1. The molecule has 164 valence electrons. The number of rotatable bonds is 7. The fraction of sp³-hybridized carbons (Fsp3) is 0.333. The van der Waals surface area contributed by atoms with Gasteiger partial charge in [0.05, 0.1) is 6.04 Å². The van der Waals surface area contributed by atoms with E-state index in [4.69, 9.17) is 23.2 Å². The molecule has 1 aliphatic rings. The third kappa shape index (κ3) is 5.94. The van der Waals surface area contributed by atoms with Gasteiger partial charge in [0, 0.05) is 41.1 Å². The summed E-state index contributed by atoms with van der Waals surface area (Å²) >= 11 is 12.1. The van der Waals surface area contributed by atoms with Crippen molar-refractivity contribution >= 4 is 34.8 Å². The predicted molar refractivity (Wildman–Crippen MR) is 119 cm³/mol. The average molecular weight is 465 g/mol. The van der Waals surface area contributed by atoms with E-state index >= 15 is 0 Å². The van der Waals surface area contributed by atoms with Crippen LogP contribution >= 0.6 is 23.2 Å². The van der Waals surface area contributed by atoms with Crippen molar-refractivity contribution in [3.8, 4) is 0 Å². The maximum Gasteiger partial charge on any atom is 0.278 e. The highest BCUT2D eigenvalue weighted by Crippen LogP contribution is 2.31. The fourth-order valence-electron chi connectivity index (χ4n) is 3.64. The van der Waals surface area contributed by atoms with Crippen molar-refractivity contribution in [3.05, 3.63) is 79.8 Å². The van der Waals surface area contributed by atoms with E-state index in [1.807, 2.05) is 48.5 Å². The summed E-state index contributed by atoms with van der Waals surface area (Å²) in [6.45, 7) is 1.32. The number of carbonyl (C=O) groups excluding carboxylic acids is 1. The molecule has 1 aliphatic heterocycles. The Morgan fingerprint density at radius 1 is 1.03 bits per heavy atom. The molecule has 0 atom stereocenters. The molecule has 0 unspecified atom stereocenters. The Labute approximate surface area is 190 Å². The number of carbonyl (C=O) groups is 1. The Kier molecular flexibility index (Phi) is 7.84. The van der Waals surface area contributed by atoms with E-state index < -0.39 is 17.4 Å². The Morgan fingerprint density at radius 2 is 1.52 bits per heavy atom. The third-order valence-electron chi connectivity index (χ3n) is 5.07. The maximum atomic E-state index is 12.7. The quantitative estimate of drug-likeness (QED) is 0.355. The average Bonchev–Trinajstić information content (AvgIpc) is 2.76. The van der Waals surface area contributed by atoms with Gasteiger partial charge in [-0.05, 0) is 35.4 Å². The van der Waals surface area contributed by atoms with E-state index in [-0.39, 0.29) is 11.8 Å². The van der Waals surface area contributed by atoms with Gasteiger partial charge >= 0.3 is 0 Å². The lowest BCUT2D eigenvalue weighted by Crippen LogP contribution is -2.52. The number of halogens is 2. The normalized spacial score (nSPS) is 15.2. The van der Waals surface area contributed by atoms with Crippen molar-refractivity contribution in [1.82, 2.24) is 9.80 Å². The minimum Gasteiger partial charge on any atom is -0.399 e. The van der Waals surface area contributed by atoms with Gasteiger partial charge < -0.3 is 9.74 Å². The van der Waals surface area contributed by atoms with Gasteiger partial charge in [-0.2, -0.15) is 0 Å². The van der Waals surface area contributed by atoms with Crippen LogP contribution in [0.3, 0.4) is 0 Å². The van der Waals surface area contributed by atoms with Gasteiger partial charge in [-0.15, -0.1) is 0 Å². The minimum atomic E-state index is -0.676. The lowest BCUT2D eigenvalue weighted by Gasteiger charge is -2.39. The van der Waals surface area contributed by atoms with Gasteiger partial charge in [-0.25, -0.2) is 0 Å². The highest BCUT2D eigenvalue weighted by molar-refractivity contribution is 6.39. The van der Waals surface area contributed by atoms with E-state index in [1.54, 1.807) is 4.90 Å². The van der Waals surface area contributed by atoms with Crippen molar-refractivity contribution < 1.29 is 14.6 Å². The van der Waals surface area contributed by atoms with E-state index in [0.717, 1.165) is 11.1 Å². The number of nitro groups is 1. The smallest absolute Gasteiger partial charge is 0.278 e. The first-order valence-corrected chi connectivity index (χ1v) is 10.4. The molecule has 0 radical (unpaired) electrons. The minimum absolute atomic E-state index is 0.0438. The van der Waals surface area contributed by atoms with Gasteiger partial charge in [0.1, 0.15) is 7.11 Å². The highest BCUT2D eigenvalue weighted by Gasteiger charge is 2.31. The van der Waals surface area contributed by atoms with Crippen molar-refractivity contribution in [2.24, 2.45) is 5.16 Å². The molecule has 8 nitrogen and oxygen atoms in total. The zero-order valence-corrected chi connectivity index (χ0v) is 18.4. The van der Waals surface area contributed by atoms with Crippen LogP contribution in [-0.2, 0) is 9.63 Å². The molecule has 10 heteroatoms. The van der Waals surface area contributed by atoms with E-state index in [2.05, 4.69) is 14.9 Å². The molecule has 1 amide bonds. The zero-order valence-electron chi connectivity index (χ0n) is 16.9. The second kappa shape index (κ2) is 10.6. The van der Waals surface area contributed by atoms with E-state index in [9.17, 15) is 14.9 Å². The molecule has 1 heterocycles. The first kappa shape index (κ1) is 23.0. The van der Waals surface area contributed by atoms with Crippen LogP contribution in [0.25, 0.3) is 0 Å². The topological polar surface area (TPSA) is 88.3 Å². The van der Waals surface area contributed by atoms with E-state index in [0.29, 0.717) is 36.2 Å². The van der Waals surface area contributed by atoms with Gasteiger partial charge in [0.2, 0.25) is 5.71 Å². The van der Waals surface area contributed by atoms with Crippen LogP contribution in [0.4, 0.5) is 0 Å². The molecule has 0 spiro atoms. The second-order valence-electron chi connectivity index (χ2n) is 7.05. The molecule has 3 rings (SSSR count). The van der Waals surface area contributed by atoms with E-state index in [1.165, 1.54) is 7.11 Å². The second-order valence-corrected chi connectivity index (χ2v) is 7.92. The first-order chi connectivity index (χ1) is 14.9. The molecule has 0 aromatic heterocycles. The Bertz CT molecular complexity index is 897. The first-order valence-electron chi connectivity index (χ1n) is 9.65. The third-order valence-corrected chi connectivity index (χ3v) is 5.57. The van der Waals surface area contributed by atoms with Gasteiger partial charge in [0.15, 0.2) is 0 Å². The molecule has 1 saturated heterocycles. The maximum absolute atomic E-state index is 12.7. The predicted octanol–water partition coefficient (Wildman–Crippen LogP) is 3.51. The summed E-state index contributed by atoms with van der Waals surface area (Å²) in [5.74, 6) is -0.479. The lowest BCUT2D eigenvalue weighted by atomic mass is 9.96. The number of benzene rings is 2. The van der Waals surface area contributed by atoms with Crippen LogP contribution in [0.15, 0.2) is 53.7 Å². The largest absolute Gasteiger partial charge is 0.399 e. The molecule has 31 heavy (non-hydrogen) atoms. The Morgan fingerprint density at radius 3 is 1.94 bits per heavy atom. The summed E-state index contributed by atoms with van der Waals surface area (Å²) in [7, 11) is 1.26. The highest BCUT2D eigenvalue weighted by atomic mass is 35.5. The van der Waals surface area contributed by atoms with Gasteiger partial charge in [-0.3, -0.25) is 19.8 Å². The number of nitrogens with zero attached hydrogens (tertiary/aromatic N) is 4. The summed E-state index contributed by atoms with van der Waals surface area (Å²) in [5.41, 5.74) is 1.93. The molecule has 0 N–H and O–H groups in total. The summed E-state index contributed by atoms with van der Waals surface area (Å²) < 4.78 is 0. The fourth-order valence-corrected chi connectivity index (χ4v) is 3.89. The summed E-state index contributed by atoms with van der Waals surface area (Å²) in [5, 5.41) is 15.7. The monoisotopic (exact) mass is 464 g/mol. The van der Waals surface area contributed by atoms with Crippen LogP contribution in [0.1, 0.15) is 17.2 Å². The lowest BCUT2D eigenvalue weighted by molar-refractivity contribution is -0.463. The summed E-state index contributed by atoms with van der Waals surface area (Å²) in [4.78, 5) is 31.4. The zero-order chi connectivity index (χ0) is 22.4. The molecule has 2 aromatic carbocycles. The number of hydrogen-bond acceptors (Lipinski definition) is 6. The molecule has 0 aliphatic carbocycles. The number of hydrogen-bond donors (Lipinski definition) is 0. The molecule has 1 fully saturated rings. The van der Waals surface area contributed by atoms with Crippen LogP contribution in [0, 0.1) is 10.1 Å². The standard InChI is InChI=1S/C21H22Cl2N4O4/c1-31-24-19(14-27(29)30)21(28)26-12-10-25(11-13-26)20(15-2-6-17(22)7-3-15)16-4-8-18(23)9-5-16/h2-9,20H,10-14H2,1H3/b24-19+. The van der Waals surface area contributed by atoms with Crippen LogP contribution < -0.4 is 0 Å². The van der Waals surface area contributed by atoms with Crippen molar-refractivity contribution in [2.45, 2.75) is 6.04 Å².